The lowest BCUT2D eigenvalue weighted by atomic mass is 10.1. The molecule has 1 atom stereocenters. The van der Waals surface area contributed by atoms with Gasteiger partial charge in [0.15, 0.2) is 0 Å². The van der Waals surface area contributed by atoms with Gasteiger partial charge in [-0.05, 0) is 20.3 Å². The van der Waals surface area contributed by atoms with Gasteiger partial charge in [-0.15, -0.1) is 0 Å². The van der Waals surface area contributed by atoms with E-state index in [1.165, 1.54) is 0 Å². The van der Waals surface area contributed by atoms with Gasteiger partial charge < -0.3 is 10.4 Å². The van der Waals surface area contributed by atoms with Crippen LogP contribution in [0.4, 0.5) is 0 Å². The largest absolute Gasteiger partial charge is 0.396 e. The Balaban J connectivity index is 2.62. The van der Waals surface area contributed by atoms with Gasteiger partial charge in [0.2, 0.25) is 5.91 Å². The average Bonchev–Trinajstić information content (AvgIpc) is 2.08. The summed E-state index contributed by atoms with van der Waals surface area (Å²) in [5.74, 6) is 0.0500. The highest BCUT2D eigenvalue weighted by atomic mass is 16.3. The van der Waals surface area contributed by atoms with Crippen molar-refractivity contribution in [1.29, 1.82) is 0 Å². The van der Waals surface area contributed by atoms with Crippen LogP contribution in [0.3, 0.4) is 0 Å². The minimum Gasteiger partial charge on any atom is -0.396 e. The number of carbonyl (C=O) groups is 1. The molecule has 0 aromatic carbocycles. The molecular formula is C9H18N2O2. The second-order valence-electron chi connectivity index (χ2n) is 3.65. The SMILES string of the molecule is CC(C)N1CCNC(=O)C1CCO. The second-order valence-corrected chi connectivity index (χ2v) is 3.65. The van der Waals surface area contributed by atoms with E-state index in [0.29, 0.717) is 12.5 Å². The molecule has 1 aliphatic heterocycles. The molecule has 1 unspecified atom stereocenters. The first-order chi connectivity index (χ1) is 6.16. The lowest BCUT2D eigenvalue weighted by Crippen LogP contribution is -2.57. The predicted molar refractivity (Wildman–Crippen MR) is 50.3 cm³/mol. The van der Waals surface area contributed by atoms with Gasteiger partial charge >= 0.3 is 0 Å². The van der Waals surface area contributed by atoms with Gasteiger partial charge in [0.25, 0.3) is 0 Å². The van der Waals surface area contributed by atoms with E-state index in [1.54, 1.807) is 0 Å². The van der Waals surface area contributed by atoms with E-state index in [9.17, 15) is 4.79 Å². The quantitative estimate of drug-likeness (QED) is 0.629. The Bertz CT molecular complexity index is 182. The summed E-state index contributed by atoms with van der Waals surface area (Å²) in [7, 11) is 0. The molecule has 1 saturated heterocycles. The third-order valence-corrected chi connectivity index (χ3v) is 2.44. The smallest absolute Gasteiger partial charge is 0.237 e. The molecule has 0 spiro atoms. The Morgan fingerprint density at radius 1 is 1.69 bits per heavy atom. The summed E-state index contributed by atoms with van der Waals surface area (Å²) >= 11 is 0. The molecule has 4 heteroatoms. The van der Waals surface area contributed by atoms with Crippen molar-refractivity contribution in [2.24, 2.45) is 0 Å². The molecule has 1 amide bonds. The van der Waals surface area contributed by atoms with E-state index in [0.717, 1.165) is 13.1 Å². The first-order valence-electron chi connectivity index (χ1n) is 4.81. The fourth-order valence-corrected chi connectivity index (χ4v) is 1.77. The monoisotopic (exact) mass is 186 g/mol. The fraction of sp³-hybridized carbons (Fsp3) is 0.889. The van der Waals surface area contributed by atoms with Crippen LogP contribution in [0.2, 0.25) is 0 Å². The molecule has 76 valence electrons. The van der Waals surface area contributed by atoms with E-state index in [2.05, 4.69) is 24.1 Å². The summed E-state index contributed by atoms with van der Waals surface area (Å²) in [5, 5.41) is 11.6. The zero-order valence-corrected chi connectivity index (χ0v) is 8.29. The Morgan fingerprint density at radius 2 is 2.38 bits per heavy atom. The van der Waals surface area contributed by atoms with Gasteiger partial charge in [-0.2, -0.15) is 0 Å². The van der Waals surface area contributed by atoms with E-state index in [1.807, 2.05) is 0 Å². The number of hydrogen-bond donors (Lipinski definition) is 2. The molecule has 2 N–H and O–H groups in total. The highest BCUT2D eigenvalue weighted by Crippen LogP contribution is 2.11. The fourth-order valence-electron chi connectivity index (χ4n) is 1.77. The van der Waals surface area contributed by atoms with Crippen molar-refractivity contribution in [3.8, 4) is 0 Å². The molecule has 1 rings (SSSR count). The van der Waals surface area contributed by atoms with Crippen molar-refractivity contribution in [2.75, 3.05) is 19.7 Å². The summed E-state index contributed by atoms with van der Waals surface area (Å²) in [6.45, 7) is 5.82. The van der Waals surface area contributed by atoms with Crippen molar-refractivity contribution in [1.82, 2.24) is 10.2 Å². The summed E-state index contributed by atoms with van der Waals surface area (Å²) in [6.07, 6.45) is 0.532. The molecule has 0 bridgehead atoms. The summed E-state index contributed by atoms with van der Waals surface area (Å²) in [4.78, 5) is 13.6. The van der Waals surface area contributed by atoms with Crippen LogP contribution in [0.5, 0.6) is 0 Å². The normalized spacial score (nSPS) is 24.9. The average molecular weight is 186 g/mol. The Morgan fingerprint density at radius 3 is 2.92 bits per heavy atom. The Kier molecular flexibility index (Phi) is 3.69. The number of amides is 1. The number of nitrogens with one attached hydrogen (secondary N) is 1. The first kappa shape index (κ1) is 10.5. The van der Waals surface area contributed by atoms with Crippen LogP contribution in [-0.2, 0) is 4.79 Å². The van der Waals surface area contributed by atoms with Gasteiger partial charge in [0, 0.05) is 25.7 Å². The summed E-state index contributed by atoms with van der Waals surface area (Å²) < 4.78 is 0. The van der Waals surface area contributed by atoms with E-state index in [4.69, 9.17) is 5.11 Å². The molecule has 13 heavy (non-hydrogen) atoms. The van der Waals surface area contributed by atoms with Crippen molar-refractivity contribution >= 4 is 5.91 Å². The predicted octanol–water partition coefficient (Wildman–Crippen LogP) is -0.422. The second kappa shape index (κ2) is 4.58. The number of aliphatic hydroxyl groups excluding tert-OH is 1. The lowest BCUT2D eigenvalue weighted by Gasteiger charge is -2.37. The topological polar surface area (TPSA) is 52.6 Å². The molecule has 4 nitrogen and oxygen atoms in total. The van der Waals surface area contributed by atoms with Crippen LogP contribution in [0, 0.1) is 0 Å². The maximum atomic E-state index is 11.4. The molecular weight excluding hydrogens is 168 g/mol. The number of carbonyl (C=O) groups excluding carboxylic acids is 1. The molecule has 0 aromatic heterocycles. The number of rotatable bonds is 3. The van der Waals surface area contributed by atoms with Crippen molar-refractivity contribution in [3.05, 3.63) is 0 Å². The third-order valence-electron chi connectivity index (χ3n) is 2.44. The van der Waals surface area contributed by atoms with Crippen LogP contribution in [0.25, 0.3) is 0 Å². The lowest BCUT2D eigenvalue weighted by molar-refractivity contribution is -0.130. The molecule has 0 aliphatic carbocycles. The van der Waals surface area contributed by atoms with Gasteiger partial charge in [-0.25, -0.2) is 0 Å². The Hall–Kier alpha value is -0.610. The van der Waals surface area contributed by atoms with E-state index >= 15 is 0 Å². The number of hydrogen-bond acceptors (Lipinski definition) is 3. The van der Waals surface area contributed by atoms with Crippen molar-refractivity contribution < 1.29 is 9.90 Å². The van der Waals surface area contributed by atoms with Gasteiger partial charge in [-0.3, -0.25) is 9.69 Å². The van der Waals surface area contributed by atoms with Crippen LogP contribution < -0.4 is 5.32 Å². The van der Waals surface area contributed by atoms with Gasteiger partial charge in [0.05, 0.1) is 6.04 Å². The molecule has 1 aliphatic rings. The molecule has 0 radical (unpaired) electrons. The maximum Gasteiger partial charge on any atom is 0.237 e. The summed E-state index contributed by atoms with van der Waals surface area (Å²) in [6, 6.07) is 0.223. The van der Waals surface area contributed by atoms with E-state index < -0.39 is 0 Å². The van der Waals surface area contributed by atoms with Crippen LogP contribution in [0.15, 0.2) is 0 Å². The van der Waals surface area contributed by atoms with Crippen molar-refractivity contribution in [2.45, 2.75) is 32.4 Å². The minimum absolute atomic E-state index is 0.0500. The first-order valence-corrected chi connectivity index (χ1v) is 4.81. The van der Waals surface area contributed by atoms with Gasteiger partial charge in [0.1, 0.15) is 0 Å². The van der Waals surface area contributed by atoms with Crippen LogP contribution in [-0.4, -0.2) is 47.7 Å². The molecule has 1 fully saturated rings. The minimum atomic E-state index is -0.140. The number of piperazine rings is 1. The highest BCUT2D eigenvalue weighted by molar-refractivity contribution is 5.82. The van der Waals surface area contributed by atoms with E-state index in [-0.39, 0.29) is 18.6 Å². The van der Waals surface area contributed by atoms with Crippen LogP contribution >= 0.6 is 0 Å². The Labute approximate surface area is 78.9 Å². The number of aliphatic hydroxyl groups is 1. The molecule has 0 aromatic rings. The summed E-state index contributed by atoms with van der Waals surface area (Å²) in [5.41, 5.74) is 0. The van der Waals surface area contributed by atoms with Crippen LogP contribution in [0.1, 0.15) is 20.3 Å². The van der Waals surface area contributed by atoms with Gasteiger partial charge in [-0.1, -0.05) is 0 Å². The maximum absolute atomic E-state index is 11.4. The molecule has 0 saturated carbocycles. The highest BCUT2D eigenvalue weighted by Gasteiger charge is 2.30. The number of nitrogens with zero attached hydrogens (tertiary/aromatic N) is 1. The third kappa shape index (κ3) is 2.42. The van der Waals surface area contributed by atoms with Crippen molar-refractivity contribution in [3.63, 3.8) is 0 Å². The zero-order chi connectivity index (χ0) is 9.84. The standard InChI is InChI=1S/C9H18N2O2/c1-7(2)11-5-4-10-9(13)8(11)3-6-12/h7-8,12H,3-6H2,1-2H3,(H,10,13). The molecule has 1 heterocycles. The zero-order valence-electron chi connectivity index (χ0n) is 8.29.